The standard InChI is InChI=1S/C11H22N2O3S/c1-7(2)9(10(14)15)13-11(16)12-8(3)5-6-17-4/h7-9H,5-6H2,1-4H3,(H,14,15)(H2,12,13,16)/t8?,9-/m0/s1. The van der Waals surface area contributed by atoms with Crippen LogP contribution in [0.1, 0.15) is 27.2 Å². The normalized spacial score (nSPS) is 14.2. The van der Waals surface area contributed by atoms with Gasteiger partial charge >= 0.3 is 12.0 Å². The number of carbonyl (C=O) groups excluding carboxylic acids is 1. The van der Waals surface area contributed by atoms with E-state index in [4.69, 9.17) is 5.11 Å². The van der Waals surface area contributed by atoms with E-state index < -0.39 is 18.0 Å². The molecule has 0 spiro atoms. The molecular weight excluding hydrogens is 240 g/mol. The topological polar surface area (TPSA) is 78.4 Å². The first-order valence-electron chi connectivity index (χ1n) is 5.67. The molecule has 0 aliphatic heterocycles. The smallest absolute Gasteiger partial charge is 0.326 e. The van der Waals surface area contributed by atoms with Crippen molar-refractivity contribution < 1.29 is 14.7 Å². The number of hydrogen-bond acceptors (Lipinski definition) is 3. The van der Waals surface area contributed by atoms with E-state index in [1.54, 1.807) is 25.6 Å². The lowest BCUT2D eigenvalue weighted by atomic mass is 10.1. The number of carboxylic acid groups (broad SMARTS) is 1. The first kappa shape index (κ1) is 16.1. The summed E-state index contributed by atoms with van der Waals surface area (Å²) >= 11 is 1.71. The van der Waals surface area contributed by atoms with Gasteiger partial charge in [-0.2, -0.15) is 11.8 Å². The van der Waals surface area contributed by atoms with E-state index in [0.717, 1.165) is 12.2 Å². The van der Waals surface area contributed by atoms with Gasteiger partial charge in [-0.3, -0.25) is 0 Å². The summed E-state index contributed by atoms with van der Waals surface area (Å²) in [6.07, 6.45) is 2.88. The van der Waals surface area contributed by atoms with Crippen LogP contribution in [0.3, 0.4) is 0 Å². The van der Waals surface area contributed by atoms with Gasteiger partial charge in [-0.1, -0.05) is 13.8 Å². The second-order valence-corrected chi connectivity index (χ2v) is 5.35. The zero-order chi connectivity index (χ0) is 13.4. The Labute approximate surface area is 107 Å². The predicted octanol–water partition coefficient (Wildman–Crippen LogP) is 1.54. The van der Waals surface area contributed by atoms with E-state index >= 15 is 0 Å². The molecule has 0 saturated carbocycles. The lowest BCUT2D eigenvalue weighted by molar-refractivity contribution is -0.140. The molecule has 2 amide bonds. The van der Waals surface area contributed by atoms with Gasteiger partial charge in [-0.15, -0.1) is 0 Å². The summed E-state index contributed by atoms with van der Waals surface area (Å²) in [4.78, 5) is 22.4. The van der Waals surface area contributed by atoms with E-state index in [-0.39, 0.29) is 12.0 Å². The molecular formula is C11H22N2O3S. The Bertz CT molecular complexity index is 259. The zero-order valence-electron chi connectivity index (χ0n) is 10.8. The number of carbonyl (C=O) groups is 2. The molecule has 0 fully saturated rings. The van der Waals surface area contributed by atoms with Crippen LogP contribution in [0.5, 0.6) is 0 Å². The number of nitrogens with one attached hydrogen (secondary N) is 2. The second-order valence-electron chi connectivity index (χ2n) is 4.36. The van der Waals surface area contributed by atoms with Gasteiger partial charge in [0.25, 0.3) is 0 Å². The molecule has 0 rings (SSSR count). The van der Waals surface area contributed by atoms with Gasteiger partial charge in [0.1, 0.15) is 6.04 Å². The van der Waals surface area contributed by atoms with Crippen LogP contribution in [0.2, 0.25) is 0 Å². The number of hydrogen-bond donors (Lipinski definition) is 3. The maximum atomic E-state index is 11.5. The van der Waals surface area contributed by atoms with Crippen LogP contribution >= 0.6 is 11.8 Å². The Morgan fingerprint density at radius 1 is 1.24 bits per heavy atom. The molecule has 100 valence electrons. The molecule has 0 saturated heterocycles. The quantitative estimate of drug-likeness (QED) is 0.650. The summed E-state index contributed by atoms with van der Waals surface area (Å²) in [5.41, 5.74) is 0. The van der Waals surface area contributed by atoms with Gasteiger partial charge in [0, 0.05) is 6.04 Å². The Hall–Kier alpha value is -0.910. The minimum atomic E-state index is -1.01. The molecule has 0 radical (unpaired) electrons. The molecule has 5 nitrogen and oxygen atoms in total. The number of carboxylic acids is 1. The highest BCUT2D eigenvalue weighted by atomic mass is 32.2. The summed E-state index contributed by atoms with van der Waals surface area (Å²) in [7, 11) is 0. The highest BCUT2D eigenvalue weighted by Crippen LogP contribution is 2.02. The van der Waals surface area contributed by atoms with Crippen LogP contribution in [-0.4, -0.2) is 41.2 Å². The average Bonchev–Trinajstić information content (AvgIpc) is 2.22. The van der Waals surface area contributed by atoms with Crippen molar-refractivity contribution in [2.75, 3.05) is 12.0 Å². The van der Waals surface area contributed by atoms with Crippen molar-refractivity contribution in [3.63, 3.8) is 0 Å². The first-order valence-corrected chi connectivity index (χ1v) is 7.06. The van der Waals surface area contributed by atoms with Gasteiger partial charge in [-0.25, -0.2) is 9.59 Å². The van der Waals surface area contributed by atoms with E-state index in [1.165, 1.54) is 0 Å². The molecule has 17 heavy (non-hydrogen) atoms. The van der Waals surface area contributed by atoms with E-state index in [0.29, 0.717) is 0 Å². The van der Waals surface area contributed by atoms with Crippen LogP contribution in [0, 0.1) is 5.92 Å². The van der Waals surface area contributed by atoms with Crippen molar-refractivity contribution in [2.45, 2.75) is 39.3 Å². The van der Waals surface area contributed by atoms with Crippen molar-refractivity contribution in [3.05, 3.63) is 0 Å². The molecule has 3 N–H and O–H groups in total. The molecule has 0 aliphatic carbocycles. The fraction of sp³-hybridized carbons (Fsp3) is 0.818. The SMILES string of the molecule is CSCCC(C)NC(=O)N[C@H](C(=O)O)C(C)C. The molecule has 2 atom stereocenters. The first-order chi connectivity index (χ1) is 7.88. The zero-order valence-corrected chi connectivity index (χ0v) is 11.6. The summed E-state index contributed by atoms with van der Waals surface area (Å²) in [5.74, 6) is -0.180. The van der Waals surface area contributed by atoms with Crippen molar-refractivity contribution >= 4 is 23.8 Å². The van der Waals surface area contributed by atoms with Gasteiger partial charge in [0.2, 0.25) is 0 Å². The van der Waals surface area contributed by atoms with Crippen LogP contribution in [0.25, 0.3) is 0 Å². The number of aliphatic carboxylic acids is 1. The molecule has 6 heteroatoms. The number of amides is 2. The monoisotopic (exact) mass is 262 g/mol. The van der Waals surface area contributed by atoms with Gasteiger partial charge in [0.05, 0.1) is 0 Å². The van der Waals surface area contributed by atoms with Gasteiger partial charge in [-0.05, 0) is 31.3 Å². The minimum Gasteiger partial charge on any atom is -0.480 e. The maximum Gasteiger partial charge on any atom is 0.326 e. The number of urea groups is 1. The lowest BCUT2D eigenvalue weighted by Gasteiger charge is -2.20. The molecule has 0 aromatic carbocycles. The second kappa shape index (κ2) is 8.22. The molecule has 0 aromatic rings. The summed E-state index contributed by atoms with van der Waals surface area (Å²) < 4.78 is 0. The maximum absolute atomic E-state index is 11.5. The summed E-state index contributed by atoms with van der Waals surface area (Å²) in [5, 5.41) is 14.1. The largest absolute Gasteiger partial charge is 0.480 e. The highest BCUT2D eigenvalue weighted by Gasteiger charge is 2.23. The van der Waals surface area contributed by atoms with E-state index in [9.17, 15) is 9.59 Å². The average molecular weight is 262 g/mol. The minimum absolute atomic E-state index is 0.0454. The Kier molecular flexibility index (Phi) is 7.78. The molecule has 0 aromatic heterocycles. The van der Waals surface area contributed by atoms with Crippen molar-refractivity contribution in [2.24, 2.45) is 5.92 Å². The van der Waals surface area contributed by atoms with Crippen LogP contribution in [0.4, 0.5) is 4.79 Å². The van der Waals surface area contributed by atoms with Crippen LogP contribution in [0.15, 0.2) is 0 Å². The summed E-state index contributed by atoms with van der Waals surface area (Å²) in [6, 6.07) is -1.22. The lowest BCUT2D eigenvalue weighted by Crippen LogP contribution is -2.50. The van der Waals surface area contributed by atoms with E-state index in [2.05, 4.69) is 10.6 Å². The Morgan fingerprint density at radius 2 is 1.82 bits per heavy atom. The Balaban J connectivity index is 4.10. The fourth-order valence-electron chi connectivity index (χ4n) is 1.29. The third-order valence-corrected chi connectivity index (χ3v) is 3.00. The van der Waals surface area contributed by atoms with Crippen LogP contribution in [-0.2, 0) is 4.79 Å². The van der Waals surface area contributed by atoms with Crippen molar-refractivity contribution in [3.8, 4) is 0 Å². The molecule has 0 aliphatic rings. The van der Waals surface area contributed by atoms with E-state index in [1.807, 2.05) is 13.2 Å². The molecule has 0 heterocycles. The van der Waals surface area contributed by atoms with Crippen molar-refractivity contribution in [1.82, 2.24) is 10.6 Å². The van der Waals surface area contributed by atoms with Crippen LogP contribution < -0.4 is 10.6 Å². The number of rotatable bonds is 7. The van der Waals surface area contributed by atoms with Gasteiger partial charge in [0.15, 0.2) is 0 Å². The summed E-state index contributed by atoms with van der Waals surface area (Å²) in [6.45, 7) is 5.42. The van der Waals surface area contributed by atoms with Crippen molar-refractivity contribution in [1.29, 1.82) is 0 Å². The number of thioether (sulfide) groups is 1. The molecule has 1 unspecified atom stereocenters. The molecule has 0 bridgehead atoms. The predicted molar refractivity (Wildman–Crippen MR) is 70.4 cm³/mol. The fourth-order valence-corrected chi connectivity index (χ4v) is 1.88. The van der Waals surface area contributed by atoms with Gasteiger partial charge < -0.3 is 15.7 Å². The third-order valence-electron chi connectivity index (χ3n) is 2.35. The Morgan fingerprint density at radius 3 is 2.24 bits per heavy atom. The highest BCUT2D eigenvalue weighted by molar-refractivity contribution is 7.98. The third kappa shape index (κ3) is 7.10.